The molecule has 4 rings (SSSR count). The van der Waals surface area contributed by atoms with E-state index in [2.05, 4.69) is 28.2 Å². The third-order valence-corrected chi connectivity index (χ3v) is 4.45. The molecule has 4 heteroatoms. The molecule has 0 radical (unpaired) electrons. The Morgan fingerprint density at radius 2 is 2.05 bits per heavy atom. The van der Waals surface area contributed by atoms with E-state index in [1.807, 2.05) is 19.3 Å². The Kier molecular flexibility index (Phi) is 2.77. The fourth-order valence-electron chi connectivity index (χ4n) is 3.46. The lowest BCUT2D eigenvalue weighted by Gasteiger charge is -2.31. The van der Waals surface area contributed by atoms with Crippen LogP contribution in [-0.2, 0) is 17.6 Å². The molecule has 1 atom stereocenters. The van der Waals surface area contributed by atoms with Crippen molar-refractivity contribution in [2.75, 3.05) is 6.61 Å². The molecule has 1 aromatic heterocycles. The second-order valence-electron chi connectivity index (χ2n) is 5.89. The summed E-state index contributed by atoms with van der Waals surface area (Å²) >= 11 is 0. The van der Waals surface area contributed by atoms with Crippen molar-refractivity contribution in [3.8, 4) is 11.1 Å². The molecule has 0 N–H and O–H groups in total. The van der Waals surface area contributed by atoms with Crippen LogP contribution in [-0.4, -0.2) is 28.0 Å². The predicted octanol–water partition coefficient (Wildman–Crippen LogP) is 2.82. The molecule has 1 aromatic carbocycles. The lowest BCUT2D eigenvalue weighted by molar-refractivity contribution is 0.236. The minimum absolute atomic E-state index is 0.0388. The van der Waals surface area contributed by atoms with Crippen molar-refractivity contribution in [2.45, 2.75) is 31.7 Å². The van der Waals surface area contributed by atoms with Crippen LogP contribution in [0.25, 0.3) is 11.1 Å². The van der Waals surface area contributed by atoms with Gasteiger partial charge in [-0.05, 0) is 29.5 Å². The highest BCUT2D eigenvalue weighted by Gasteiger charge is 2.39. The van der Waals surface area contributed by atoms with Crippen molar-refractivity contribution in [1.82, 2.24) is 9.97 Å². The standard InChI is InChI=1S/C17H17N3O/c1-12-20-17(10-21-12)6-5-16-13(7-17)3-2-4-15(16)14-8-18-11-19-9-14/h2-4,8-9,11H,5-7,10H2,1H3/t17-/m1/s1. The first-order valence-corrected chi connectivity index (χ1v) is 7.31. The molecule has 106 valence electrons. The van der Waals surface area contributed by atoms with Crippen LogP contribution >= 0.6 is 0 Å². The van der Waals surface area contributed by atoms with Gasteiger partial charge in [0.25, 0.3) is 0 Å². The van der Waals surface area contributed by atoms with Gasteiger partial charge >= 0.3 is 0 Å². The van der Waals surface area contributed by atoms with E-state index in [9.17, 15) is 0 Å². The maximum absolute atomic E-state index is 5.61. The average Bonchev–Trinajstić information content (AvgIpc) is 2.88. The van der Waals surface area contributed by atoms with Crippen molar-refractivity contribution in [2.24, 2.45) is 4.99 Å². The average molecular weight is 279 g/mol. The number of aromatic nitrogens is 2. The van der Waals surface area contributed by atoms with Crippen molar-refractivity contribution < 1.29 is 4.74 Å². The highest BCUT2D eigenvalue weighted by Crippen LogP contribution is 2.38. The van der Waals surface area contributed by atoms with Gasteiger partial charge in [0.1, 0.15) is 18.5 Å². The van der Waals surface area contributed by atoms with Crippen molar-refractivity contribution in [3.63, 3.8) is 0 Å². The number of ether oxygens (including phenoxy) is 1. The van der Waals surface area contributed by atoms with Gasteiger partial charge in [-0.3, -0.25) is 0 Å². The summed E-state index contributed by atoms with van der Waals surface area (Å²) in [4.78, 5) is 13.0. The van der Waals surface area contributed by atoms with Gasteiger partial charge in [-0.15, -0.1) is 0 Å². The topological polar surface area (TPSA) is 47.4 Å². The zero-order valence-electron chi connectivity index (χ0n) is 12.0. The van der Waals surface area contributed by atoms with Gasteiger partial charge in [0.2, 0.25) is 0 Å². The van der Waals surface area contributed by atoms with Crippen LogP contribution in [0.2, 0.25) is 0 Å². The number of hydrogen-bond acceptors (Lipinski definition) is 4. The van der Waals surface area contributed by atoms with E-state index in [0.29, 0.717) is 0 Å². The van der Waals surface area contributed by atoms with Gasteiger partial charge in [-0.25, -0.2) is 15.0 Å². The first kappa shape index (κ1) is 12.5. The highest BCUT2D eigenvalue weighted by atomic mass is 16.5. The highest BCUT2D eigenvalue weighted by molar-refractivity contribution is 5.76. The number of rotatable bonds is 1. The Morgan fingerprint density at radius 1 is 1.19 bits per heavy atom. The Balaban J connectivity index is 1.75. The molecule has 2 heterocycles. The number of benzene rings is 1. The minimum Gasteiger partial charge on any atom is -0.479 e. The van der Waals surface area contributed by atoms with E-state index >= 15 is 0 Å². The molecular weight excluding hydrogens is 262 g/mol. The van der Waals surface area contributed by atoms with Gasteiger partial charge in [0.15, 0.2) is 5.90 Å². The zero-order chi connectivity index (χ0) is 14.3. The second-order valence-corrected chi connectivity index (χ2v) is 5.89. The molecule has 1 spiro atoms. The van der Waals surface area contributed by atoms with Crippen molar-refractivity contribution in [1.29, 1.82) is 0 Å². The molecule has 0 unspecified atom stereocenters. The lowest BCUT2D eigenvalue weighted by Crippen LogP contribution is -2.35. The summed E-state index contributed by atoms with van der Waals surface area (Å²) in [5.74, 6) is 0.825. The molecule has 0 saturated carbocycles. The smallest absolute Gasteiger partial charge is 0.180 e. The summed E-state index contributed by atoms with van der Waals surface area (Å²) < 4.78 is 5.61. The van der Waals surface area contributed by atoms with Gasteiger partial charge in [0, 0.05) is 31.3 Å². The summed E-state index contributed by atoms with van der Waals surface area (Å²) in [5.41, 5.74) is 5.10. The first-order valence-electron chi connectivity index (χ1n) is 7.31. The summed E-state index contributed by atoms with van der Waals surface area (Å²) in [5, 5.41) is 0. The van der Waals surface area contributed by atoms with E-state index in [0.717, 1.165) is 37.3 Å². The molecule has 1 aliphatic carbocycles. The predicted molar refractivity (Wildman–Crippen MR) is 81.3 cm³/mol. The summed E-state index contributed by atoms with van der Waals surface area (Å²) in [6, 6.07) is 6.49. The Morgan fingerprint density at radius 3 is 2.81 bits per heavy atom. The Labute approximate surface area is 123 Å². The maximum Gasteiger partial charge on any atom is 0.180 e. The minimum atomic E-state index is -0.0388. The molecule has 1 aliphatic heterocycles. The summed E-state index contributed by atoms with van der Waals surface area (Å²) in [6.45, 7) is 2.67. The normalized spacial score (nSPS) is 23.6. The third-order valence-electron chi connectivity index (χ3n) is 4.45. The molecule has 2 aromatic rings. The van der Waals surface area contributed by atoms with Gasteiger partial charge < -0.3 is 4.74 Å². The van der Waals surface area contributed by atoms with Crippen LogP contribution < -0.4 is 0 Å². The summed E-state index contributed by atoms with van der Waals surface area (Å²) in [7, 11) is 0. The van der Waals surface area contributed by atoms with E-state index in [-0.39, 0.29) is 5.54 Å². The molecule has 0 bridgehead atoms. The van der Waals surface area contributed by atoms with Crippen LogP contribution in [0.5, 0.6) is 0 Å². The largest absolute Gasteiger partial charge is 0.479 e. The van der Waals surface area contributed by atoms with Crippen LogP contribution in [0.3, 0.4) is 0 Å². The molecule has 2 aliphatic rings. The van der Waals surface area contributed by atoms with E-state index in [4.69, 9.17) is 9.73 Å². The molecular formula is C17H17N3O. The fraction of sp³-hybridized carbons (Fsp3) is 0.353. The van der Waals surface area contributed by atoms with Crippen molar-refractivity contribution in [3.05, 3.63) is 48.0 Å². The van der Waals surface area contributed by atoms with Crippen LogP contribution in [0.15, 0.2) is 41.9 Å². The van der Waals surface area contributed by atoms with Crippen LogP contribution in [0.1, 0.15) is 24.5 Å². The Bertz CT molecular complexity index is 711. The fourth-order valence-corrected chi connectivity index (χ4v) is 3.46. The second kappa shape index (κ2) is 4.65. The summed E-state index contributed by atoms with van der Waals surface area (Å²) in [6.07, 6.45) is 8.37. The number of nitrogens with zero attached hydrogens (tertiary/aromatic N) is 3. The van der Waals surface area contributed by atoms with E-state index in [1.165, 1.54) is 16.7 Å². The van der Waals surface area contributed by atoms with Crippen molar-refractivity contribution >= 4 is 5.90 Å². The lowest BCUT2D eigenvalue weighted by atomic mass is 9.77. The van der Waals surface area contributed by atoms with E-state index in [1.54, 1.807) is 6.33 Å². The zero-order valence-corrected chi connectivity index (χ0v) is 12.0. The van der Waals surface area contributed by atoms with Gasteiger partial charge in [-0.1, -0.05) is 18.2 Å². The third kappa shape index (κ3) is 2.11. The van der Waals surface area contributed by atoms with Gasteiger partial charge in [0.05, 0.1) is 0 Å². The maximum atomic E-state index is 5.61. The SMILES string of the molecule is CC1=N[C@@]2(CCc3c(cccc3-c3cncnc3)C2)CO1. The van der Waals surface area contributed by atoms with Crippen LogP contribution in [0.4, 0.5) is 0 Å². The van der Waals surface area contributed by atoms with Gasteiger partial charge in [-0.2, -0.15) is 0 Å². The first-order chi connectivity index (χ1) is 10.3. The number of aliphatic imine (C=N–C) groups is 1. The molecule has 21 heavy (non-hydrogen) atoms. The number of hydrogen-bond donors (Lipinski definition) is 0. The van der Waals surface area contributed by atoms with Crippen LogP contribution in [0, 0.1) is 0 Å². The quantitative estimate of drug-likeness (QED) is 0.806. The number of fused-ring (bicyclic) bond motifs is 1. The molecule has 0 amide bonds. The Hall–Kier alpha value is -2.23. The van der Waals surface area contributed by atoms with E-state index < -0.39 is 0 Å². The molecule has 0 fully saturated rings. The molecule has 0 saturated heterocycles. The molecule has 4 nitrogen and oxygen atoms in total. The monoisotopic (exact) mass is 279 g/mol.